The van der Waals surface area contributed by atoms with E-state index in [4.69, 9.17) is 0 Å². The van der Waals surface area contributed by atoms with Crippen LogP contribution < -0.4 is 10.2 Å². The Hall–Kier alpha value is -3.05. The molecule has 0 bridgehead atoms. The summed E-state index contributed by atoms with van der Waals surface area (Å²) in [4.78, 5) is 20.5. The fourth-order valence-corrected chi connectivity index (χ4v) is 2.92. The molecule has 27 heavy (non-hydrogen) atoms. The summed E-state index contributed by atoms with van der Waals surface area (Å²) in [5, 5.41) is 2.03. The number of nitrogens with one attached hydrogen (secondary N) is 1. The van der Waals surface area contributed by atoms with E-state index in [0.717, 1.165) is 10.5 Å². The van der Waals surface area contributed by atoms with Crippen molar-refractivity contribution in [3.05, 3.63) is 35.7 Å². The van der Waals surface area contributed by atoms with E-state index in [0.29, 0.717) is 6.54 Å². The normalized spacial score (nSPS) is 15.8. The maximum atomic E-state index is 13.3. The number of carbonyl (C=O) groups excluding carboxylic acids is 1. The molecule has 4 rings (SSSR count). The van der Waals surface area contributed by atoms with E-state index in [-0.39, 0.29) is 24.1 Å². The van der Waals surface area contributed by atoms with Gasteiger partial charge in [-0.05, 0) is 18.2 Å². The molecule has 0 aliphatic carbocycles. The molecule has 0 spiro atoms. The first-order valence-corrected chi connectivity index (χ1v) is 7.58. The number of alkyl halides is 6. The average molecular weight is 389 g/mol. The van der Waals surface area contributed by atoms with Gasteiger partial charge in [-0.2, -0.15) is 26.3 Å². The largest absolute Gasteiger partial charge is 0.433 e. The minimum Gasteiger partial charge on any atom is -0.336 e. The number of aromatic nitrogens is 3. The van der Waals surface area contributed by atoms with E-state index >= 15 is 0 Å². The van der Waals surface area contributed by atoms with E-state index in [9.17, 15) is 31.1 Å². The first kappa shape index (κ1) is 17.4. The van der Waals surface area contributed by atoms with Gasteiger partial charge >= 0.3 is 18.4 Å². The van der Waals surface area contributed by atoms with Crippen molar-refractivity contribution in [2.24, 2.45) is 0 Å². The Labute approximate surface area is 146 Å². The Morgan fingerprint density at radius 3 is 2.37 bits per heavy atom. The molecule has 12 heteroatoms. The lowest BCUT2D eigenvalue weighted by Gasteiger charge is -2.14. The van der Waals surface area contributed by atoms with Crippen LogP contribution in [0.15, 0.2) is 24.4 Å². The minimum absolute atomic E-state index is 0.0140. The highest BCUT2D eigenvalue weighted by molar-refractivity contribution is 5.93. The van der Waals surface area contributed by atoms with Gasteiger partial charge < -0.3 is 5.32 Å². The minimum atomic E-state index is -5.06. The second-order valence-electron chi connectivity index (χ2n) is 5.83. The highest BCUT2D eigenvalue weighted by Gasteiger charge is 2.39. The van der Waals surface area contributed by atoms with Crippen molar-refractivity contribution in [2.45, 2.75) is 12.4 Å². The lowest BCUT2D eigenvalue weighted by atomic mass is 10.1. The fourth-order valence-electron chi connectivity index (χ4n) is 2.92. The molecule has 3 aromatic heterocycles. The molecule has 1 saturated heterocycles. The molecule has 0 radical (unpaired) electrons. The van der Waals surface area contributed by atoms with Gasteiger partial charge in [0.05, 0.1) is 11.8 Å². The highest BCUT2D eigenvalue weighted by Crippen LogP contribution is 2.38. The zero-order valence-electron chi connectivity index (χ0n) is 13.2. The first-order valence-electron chi connectivity index (χ1n) is 7.58. The molecule has 2 amide bonds. The quantitative estimate of drug-likeness (QED) is 0.649. The zero-order chi connectivity index (χ0) is 19.6. The number of amides is 2. The molecule has 0 unspecified atom stereocenters. The number of fused-ring (bicyclic) bond motifs is 3. The van der Waals surface area contributed by atoms with Gasteiger partial charge in [0.1, 0.15) is 17.0 Å². The maximum absolute atomic E-state index is 13.3. The summed E-state index contributed by atoms with van der Waals surface area (Å²) in [5.41, 5.74) is -3.59. The van der Waals surface area contributed by atoms with Crippen LogP contribution in [0.3, 0.4) is 0 Å². The van der Waals surface area contributed by atoms with Crippen molar-refractivity contribution < 1.29 is 31.1 Å². The molecule has 4 heterocycles. The van der Waals surface area contributed by atoms with Gasteiger partial charge in [-0.1, -0.05) is 0 Å². The van der Waals surface area contributed by atoms with Gasteiger partial charge in [0.25, 0.3) is 0 Å². The van der Waals surface area contributed by atoms with Crippen LogP contribution >= 0.6 is 0 Å². The Morgan fingerprint density at radius 1 is 1.04 bits per heavy atom. The van der Waals surface area contributed by atoms with Crippen molar-refractivity contribution in [1.29, 1.82) is 0 Å². The van der Waals surface area contributed by atoms with Crippen molar-refractivity contribution in [3.63, 3.8) is 0 Å². The molecule has 142 valence electrons. The molecule has 6 nitrogen and oxygen atoms in total. The Bertz CT molecular complexity index is 1070. The van der Waals surface area contributed by atoms with Gasteiger partial charge in [0, 0.05) is 18.5 Å². The summed E-state index contributed by atoms with van der Waals surface area (Å²) in [6, 6.07) is 1.77. The van der Waals surface area contributed by atoms with Crippen molar-refractivity contribution in [1.82, 2.24) is 19.7 Å². The molecule has 1 fully saturated rings. The number of urea groups is 1. The smallest absolute Gasteiger partial charge is 0.336 e. The van der Waals surface area contributed by atoms with Crippen LogP contribution in [-0.2, 0) is 12.4 Å². The van der Waals surface area contributed by atoms with E-state index in [2.05, 4.69) is 15.3 Å². The van der Waals surface area contributed by atoms with Crippen LogP contribution in [0.2, 0.25) is 0 Å². The predicted octanol–water partition coefficient (Wildman–Crippen LogP) is 3.45. The number of hydrogen-bond acceptors (Lipinski definition) is 3. The van der Waals surface area contributed by atoms with E-state index in [1.54, 1.807) is 0 Å². The Balaban J connectivity index is 2.02. The number of rotatable bonds is 1. The predicted molar refractivity (Wildman–Crippen MR) is 81.2 cm³/mol. The third-order valence-electron chi connectivity index (χ3n) is 4.12. The Morgan fingerprint density at radius 2 is 1.78 bits per heavy atom. The maximum Gasteiger partial charge on any atom is 0.433 e. The molecular weight excluding hydrogens is 380 g/mol. The zero-order valence-corrected chi connectivity index (χ0v) is 13.2. The van der Waals surface area contributed by atoms with E-state index in [1.165, 1.54) is 17.2 Å². The lowest BCUT2D eigenvalue weighted by molar-refractivity contribution is -0.144. The number of pyridine rings is 2. The third-order valence-corrected chi connectivity index (χ3v) is 4.12. The molecule has 0 saturated carbocycles. The number of carbonyl (C=O) groups is 1. The van der Waals surface area contributed by atoms with Crippen LogP contribution in [0, 0.1) is 0 Å². The summed E-state index contributed by atoms with van der Waals surface area (Å²) in [6.45, 7) is 0.623. The summed E-state index contributed by atoms with van der Waals surface area (Å²) >= 11 is 0. The molecule has 1 aliphatic rings. The highest BCUT2D eigenvalue weighted by atomic mass is 19.4. The third kappa shape index (κ3) is 2.80. The topological polar surface area (TPSA) is 62.5 Å². The van der Waals surface area contributed by atoms with Crippen LogP contribution in [-0.4, -0.2) is 33.5 Å². The van der Waals surface area contributed by atoms with Gasteiger partial charge in [-0.15, -0.1) is 0 Å². The van der Waals surface area contributed by atoms with E-state index in [1.807, 2.05) is 0 Å². The second kappa shape index (κ2) is 5.47. The van der Waals surface area contributed by atoms with Crippen molar-refractivity contribution >= 4 is 28.5 Å². The monoisotopic (exact) mass is 389 g/mol. The van der Waals surface area contributed by atoms with Gasteiger partial charge in [-0.25, -0.2) is 14.8 Å². The second-order valence-corrected chi connectivity index (χ2v) is 5.83. The number of halogens is 6. The summed E-state index contributed by atoms with van der Waals surface area (Å²) in [7, 11) is 0. The average Bonchev–Trinajstić information content (AvgIpc) is 3.17. The number of nitrogens with zero attached hydrogens (tertiary/aromatic N) is 4. The van der Waals surface area contributed by atoms with Crippen molar-refractivity contribution in [3.8, 4) is 0 Å². The number of hydrogen-bond donors (Lipinski definition) is 1. The number of anilines is 1. The summed E-state index contributed by atoms with van der Waals surface area (Å²) < 4.78 is 80.1. The molecule has 1 N–H and O–H groups in total. The summed E-state index contributed by atoms with van der Waals surface area (Å²) in [6.07, 6.45) is -8.88. The molecule has 0 atom stereocenters. The Kier molecular flexibility index (Phi) is 3.52. The first-order chi connectivity index (χ1) is 12.6. The van der Waals surface area contributed by atoms with Gasteiger partial charge in [0.15, 0.2) is 5.82 Å². The van der Waals surface area contributed by atoms with E-state index < -0.39 is 40.7 Å². The van der Waals surface area contributed by atoms with Crippen molar-refractivity contribution in [2.75, 3.05) is 18.0 Å². The standard InChI is InChI=1S/C15H9F6N5O/c16-14(17,18)8-5-9(15(19,20)21)23-12-7(8)1-2-10-24-11(6-26(10)12)25-4-3-22-13(25)27/h1-2,5-6H,3-4H2,(H,22,27). The number of imidazole rings is 1. The fraction of sp³-hybridized carbons (Fsp3) is 0.267. The van der Waals surface area contributed by atoms with Crippen LogP contribution in [0.1, 0.15) is 11.3 Å². The molecule has 0 aromatic carbocycles. The lowest BCUT2D eigenvalue weighted by Crippen LogP contribution is -2.27. The van der Waals surface area contributed by atoms with Crippen LogP contribution in [0.4, 0.5) is 37.0 Å². The van der Waals surface area contributed by atoms with Gasteiger partial charge in [0.2, 0.25) is 0 Å². The SMILES string of the molecule is O=C1NCCN1c1cn2c(ccc3c(C(F)(F)F)cc(C(F)(F)F)nc32)n1. The summed E-state index contributed by atoms with van der Waals surface area (Å²) in [5.74, 6) is 0.102. The van der Waals surface area contributed by atoms with Crippen LogP contribution in [0.5, 0.6) is 0 Å². The molecule has 3 aromatic rings. The molecule has 1 aliphatic heterocycles. The van der Waals surface area contributed by atoms with Gasteiger partial charge in [-0.3, -0.25) is 9.30 Å². The molecular formula is C15H9F6N5O. The van der Waals surface area contributed by atoms with Crippen LogP contribution in [0.25, 0.3) is 16.7 Å².